The molecule has 1 aromatic heterocycles. The molecule has 20 heavy (non-hydrogen) atoms. The number of aliphatic hydroxyl groups excluding tert-OH is 1. The van der Waals surface area contributed by atoms with Gasteiger partial charge in [-0.1, -0.05) is 12.8 Å². The van der Waals surface area contributed by atoms with Crippen LogP contribution in [0.5, 0.6) is 0 Å². The van der Waals surface area contributed by atoms with Gasteiger partial charge in [0, 0.05) is 31.7 Å². The van der Waals surface area contributed by atoms with Gasteiger partial charge in [-0.05, 0) is 48.1 Å². The fourth-order valence-electron chi connectivity index (χ4n) is 3.61. The SMILES string of the molecule is OC1CCCCC1N1CCC(NCc2ccsc2)CC1. The van der Waals surface area contributed by atoms with Crippen LogP contribution in [0, 0.1) is 0 Å². The van der Waals surface area contributed by atoms with Crippen LogP contribution in [0.15, 0.2) is 16.8 Å². The van der Waals surface area contributed by atoms with Crippen molar-refractivity contribution in [3.05, 3.63) is 22.4 Å². The summed E-state index contributed by atoms with van der Waals surface area (Å²) in [6, 6.07) is 3.28. The largest absolute Gasteiger partial charge is 0.391 e. The lowest BCUT2D eigenvalue weighted by Gasteiger charge is -2.41. The molecule has 3 nitrogen and oxygen atoms in total. The number of thiophene rings is 1. The van der Waals surface area contributed by atoms with E-state index in [0.29, 0.717) is 12.1 Å². The molecule has 2 aliphatic rings. The van der Waals surface area contributed by atoms with Gasteiger partial charge in [-0.3, -0.25) is 4.90 Å². The molecule has 1 aromatic rings. The van der Waals surface area contributed by atoms with Gasteiger partial charge in [0.15, 0.2) is 0 Å². The molecular formula is C16H26N2OS. The summed E-state index contributed by atoms with van der Waals surface area (Å²) in [5.41, 5.74) is 1.40. The van der Waals surface area contributed by atoms with Crippen LogP contribution in [-0.2, 0) is 6.54 Å². The van der Waals surface area contributed by atoms with Gasteiger partial charge >= 0.3 is 0 Å². The summed E-state index contributed by atoms with van der Waals surface area (Å²) < 4.78 is 0. The van der Waals surface area contributed by atoms with Gasteiger partial charge < -0.3 is 10.4 Å². The molecule has 1 saturated carbocycles. The molecule has 1 aliphatic heterocycles. The van der Waals surface area contributed by atoms with Gasteiger partial charge in [-0.15, -0.1) is 0 Å². The first-order valence-electron chi connectivity index (χ1n) is 7.99. The maximum atomic E-state index is 10.2. The van der Waals surface area contributed by atoms with E-state index in [9.17, 15) is 5.11 Å². The average molecular weight is 294 g/mol. The normalized spacial score (nSPS) is 29.6. The van der Waals surface area contributed by atoms with E-state index < -0.39 is 0 Å². The van der Waals surface area contributed by atoms with Gasteiger partial charge in [-0.25, -0.2) is 0 Å². The van der Waals surface area contributed by atoms with Gasteiger partial charge in [0.2, 0.25) is 0 Å². The van der Waals surface area contributed by atoms with Gasteiger partial charge in [0.25, 0.3) is 0 Å². The highest BCUT2D eigenvalue weighted by molar-refractivity contribution is 7.07. The van der Waals surface area contributed by atoms with Crippen molar-refractivity contribution in [1.82, 2.24) is 10.2 Å². The monoisotopic (exact) mass is 294 g/mol. The zero-order valence-corrected chi connectivity index (χ0v) is 12.9. The Hall–Kier alpha value is -0.420. The number of nitrogens with one attached hydrogen (secondary N) is 1. The molecule has 0 radical (unpaired) electrons. The molecule has 1 aliphatic carbocycles. The molecule has 2 N–H and O–H groups in total. The summed E-state index contributed by atoms with van der Waals surface area (Å²) in [7, 11) is 0. The second-order valence-electron chi connectivity index (χ2n) is 6.24. The highest BCUT2D eigenvalue weighted by atomic mass is 32.1. The Balaban J connectivity index is 1.42. The highest BCUT2D eigenvalue weighted by Crippen LogP contribution is 2.26. The predicted molar refractivity (Wildman–Crippen MR) is 84.0 cm³/mol. The Kier molecular flexibility index (Phi) is 5.10. The number of likely N-dealkylation sites (tertiary alicyclic amines) is 1. The van der Waals surface area contributed by atoms with E-state index in [1.54, 1.807) is 11.3 Å². The molecule has 2 fully saturated rings. The van der Waals surface area contributed by atoms with Crippen LogP contribution in [0.2, 0.25) is 0 Å². The lowest BCUT2D eigenvalue weighted by molar-refractivity contribution is 0.00714. The Labute approximate surface area is 126 Å². The first-order valence-corrected chi connectivity index (χ1v) is 8.94. The molecule has 0 bridgehead atoms. The zero-order valence-electron chi connectivity index (χ0n) is 12.1. The average Bonchev–Trinajstić information content (AvgIpc) is 3.00. The Morgan fingerprint density at radius 3 is 2.70 bits per heavy atom. The minimum Gasteiger partial charge on any atom is -0.391 e. The van der Waals surface area contributed by atoms with Crippen LogP contribution in [0.3, 0.4) is 0 Å². The maximum absolute atomic E-state index is 10.2. The van der Waals surface area contributed by atoms with Crippen molar-refractivity contribution in [2.75, 3.05) is 13.1 Å². The van der Waals surface area contributed by atoms with Gasteiger partial charge in [0.1, 0.15) is 0 Å². The minimum atomic E-state index is -0.0842. The second-order valence-corrected chi connectivity index (χ2v) is 7.02. The van der Waals surface area contributed by atoms with Crippen molar-refractivity contribution < 1.29 is 5.11 Å². The van der Waals surface area contributed by atoms with E-state index in [1.807, 2.05) is 0 Å². The predicted octanol–water partition coefficient (Wildman–Crippen LogP) is 2.61. The second kappa shape index (κ2) is 7.03. The van der Waals surface area contributed by atoms with Crippen molar-refractivity contribution >= 4 is 11.3 Å². The molecule has 1 saturated heterocycles. The smallest absolute Gasteiger partial charge is 0.0695 e. The van der Waals surface area contributed by atoms with Crippen molar-refractivity contribution in [2.24, 2.45) is 0 Å². The van der Waals surface area contributed by atoms with Crippen LogP contribution in [0.1, 0.15) is 44.1 Å². The van der Waals surface area contributed by atoms with E-state index in [0.717, 1.165) is 26.1 Å². The van der Waals surface area contributed by atoms with E-state index in [1.165, 1.54) is 37.7 Å². The van der Waals surface area contributed by atoms with Crippen LogP contribution in [0.25, 0.3) is 0 Å². The van der Waals surface area contributed by atoms with Gasteiger partial charge in [0.05, 0.1) is 6.10 Å². The topological polar surface area (TPSA) is 35.5 Å². The van der Waals surface area contributed by atoms with E-state index in [2.05, 4.69) is 27.0 Å². The lowest BCUT2D eigenvalue weighted by atomic mass is 9.89. The summed E-state index contributed by atoms with van der Waals surface area (Å²) in [5, 5.41) is 18.2. The number of hydrogen-bond donors (Lipinski definition) is 2. The fourth-order valence-corrected chi connectivity index (χ4v) is 4.28. The first-order chi connectivity index (χ1) is 9.83. The molecule has 2 heterocycles. The van der Waals surface area contributed by atoms with Crippen molar-refractivity contribution in [1.29, 1.82) is 0 Å². The first kappa shape index (κ1) is 14.5. The molecule has 4 heteroatoms. The molecule has 2 unspecified atom stereocenters. The third kappa shape index (κ3) is 3.61. The highest BCUT2D eigenvalue weighted by Gasteiger charge is 2.31. The lowest BCUT2D eigenvalue weighted by Crippen LogP contribution is -2.51. The van der Waals surface area contributed by atoms with E-state index >= 15 is 0 Å². The molecular weight excluding hydrogens is 268 g/mol. The number of hydrogen-bond acceptors (Lipinski definition) is 4. The van der Waals surface area contributed by atoms with Crippen LogP contribution < -0.4 is 5.32 Å². The number of aliphatic hydroxyl groups is 1. The van der Waals surface area contributed by atoms with Crippen LogP contribution in [0.4, 0.5) is 0 Å². The number of nitrogens with zero attached hydrogens (tertiary/aromatic N) is 1. The number of piperidine rings is 1. The van der Waals surface area contributed by atoms with E-state index in [4.69, 9.17) is 0 Å². The standard InChI is InChI=1S/C16H26N2OS/c19-16-4-2-1-3-15(16)18-8-5-14(6-9-18)17-11-13-7-10-20-12-13/h7,10,12,14-17,19H,1-6,8-9,11H2. The van der Waals surface area contributed by atoms with Crippen molar-refractivity contribution in [3.8, 4) is 0 Å². The Morgan fingerprint density at radius 1 is 1.20 bits per heavy atom. The summed E-state index contributed by atoms with van der Waals surface area (Å²) >= 11 is 1.77. The van der Waals surface area contributed by atoms with Crippen LogP contribution in [-0.4, -0.2) is 41.3 Å². The molecule has 0 amide bonds. The maximum Gasteiger partial charge on any atom is 0.0695 e. The minimum absolute atomic E-state index is 0.0842. The molecule has 0 aromatic carbocycles. The number of rotatable bonds is 4. The quantitative estimate of drug-likeness (QED) is 0.896. The Bertz CT molecular complexity index is 387. The third-order valence-electron chi connectivity index (χ3n) is 4.87. The molecule has 3 rings (SSSR count). The fraction of sp³-hybridized carbons (Fsp3) is 0.750. The summed E-state index contributed by atoms with van der Waals surface area (Å²) in [6.07, 6.45) is 7.03. The molecule has 2 atom stereocenters. The molecule has 112 valence electrons. The zero-order chi connectivity index (χ0) is 13.8. The van der Waals surface area contributed by atoms with Gasteiger partial charge in [-0.2, -0.15) is 11.3 Å². The summed E-state index contributed by atoms with van der Waals surface area (Å²) in [6.45, 7) is 3.28. The summed E-state index contributed by atoms with van der Waals surface area (Å²) in [5.74, 6) is 0. The summed E-state index contributed by atoms with van der Waals surface area (Å²) in [4.78, 5) is 2.53. The van der Waals surface area contributed by atoms with Crippen molar-refractivity contribution in [3.63, 3.8) is 0 Å². The van der Waals surface area contributed by atoms with E-state index in [-0.39, 0.29) is 6.10 Å². The van der Waals surface area contributed by atoms with Crippen molar-refractivity contribution in [2.45, 2.75) is 63.3 Å². The Morgan fingerprint density at radius 2 is 2.00 bits per heavy atom. The third-order valence-corrected chi connectivity index (χ3v) is 5.60. The molecule has 0 spiro atoms. The van der Waals surface area contributed by atoms with Crippen LogP contribution >= 0.6 is 11.3 Å².